The molecule has 0 aromatic heterocycles. The highest BCUT2D eigenvalue weighted by Gasteiger charge is 2.18. The molecule has 0 radical (unpaired) electrons. The lowest BCUT2D eigenvalue weighted by Crippen LogP contribution is -2.15. The number of rotatable bonds is 6. The average Bonchev–Trinajstić information content (AvgIpc) is 2.32. The molecule has 1 saturated carbocycles. The van der Waals surface area contributed by atoms with E-state index in [2.05, 4.69) is 0 Å². The van der Waals surface area contributed by atoms with E-state index >= 15 is 0 Å². The van der Waals surface area contributed by atoms with Crippen LogP contribution in [0.15, 0.2) is 18.2 Å². The zero-order valence-corrected chi connectivity index (χ0v) is 10.9. The van der Waals surface area contributed by atoms with Crippen LogP contribution in [-0.2, 0) is 0 Å². The lowest BCUT2D eigenvalue weighted by Gasteiger charge is -2.25. The van der Waals surface area contributed by atoms with Gasteiger partial charge in [0.2, 0.25) is 0 Å². The second kappa shape index (κ2) is 5.82. The lowest BCUT2D eigenvalue weighted by atomic mass is 9.83. The summed E-state index contributed by atoms with van der Waals surface area (Å²) in [6, 6.07) is 4.15. The van der Waals surface area contributed by atoms with E-state index in [4.69, 9.17) is 4.74 Å². The number of hydrogen-bond acceptors (Lipinski definition) is 4. The molecule has 0 spiro atoms. The van der Waals surface area contributed by atoms with Gasteiger partial charge in [0.1, 0.15) is 5.75 Å². The molecule has 1 aromatic carbocycles. The molecule has 0 bridgehead atoms. The molecule has 1 aliphatic carbocycles. The normalized spacial score (nSPS) is 14.8. The standard InChI is InChI=1S/C14H17NO4/c1-10(16)13-9-12(15(17)18)5-6-14(13)19-8-7-11-3-2-4-11/h5-6,9,11H,2-4,7-8H2,1H3. The molecule has 2 rings (SSSR count). The fraction of sp³-hybridized carbons (Fsp3) is 0.500. The number of benzene rings is 1. The summed E-state index contributed by atoms with van der Waals surface area (Å²) in [5.41, 5.74) is 0.194. The topological polar surface area (TPSA) is 69.4 Å². The number of nitro groups is 1. The molecule has 1 fully saturated rings. The Hall–Kier alpha value is -1.91. The minimum Gasteiger partial charge on any atom is -0.493 e. The van der Waals surface area contributed by atoms with E-state index < -0.39 is 4.92 Å². The highest BCUT2D eigenvalue weighted by atomic mass is 16.6. The van der Waals surface area contributed by atoms with Crippen LogP contribution in [-0.4, -0.2) is 17.3 Å². The highest BCUT2D eigenvalue weighted by Crippen LogP contribution is 2.30. The Morgan fingerprint density at radius 3 is 2.74 bits per heavy atom. The number of nitrogens with zero attached hydrogens (tertiary/aromatic N) is 1. The van der Waals surface area contributed by atoms with E-state index in [0.717, 1.165) is 12.3 Å². The molecule has 0 heterocycles. The van der Waals surface area contributed by atoms with Crippen LogP contribution < -0.4 is 4.74 Å². The van der Waals surface area contributed by atoms with Gasteiger partial charge in [0, 0.05) is 12.1 Å². The van der Waals surface area contributed by atoms with Crippen LogP contribution in [0.5, 0.6) is 5.75 Å². The predicted molar refractivity (Wildman–Crippen MR) is 70.6 cm³/mol. The summed E-state index contributed by atoms with van der Waals surface area (Å²) < 4.78 is 5.60. The second-order valence-corrected chi connectivity index (χ2v) is 4.93. The van der Waals surface area contributed by atoms with Crippen molar-refractivity contribution in [3.05, 3.63) is 33.9 Å². The quantitative estimate of drug-likeness (QED) is 0.448. The number of carbonyl (C=O) groups excluding carboxylic acids is 1. The summed E-state index contributed by atoms with van der Waals surface area (Å²) in [7, 11) is 0. The maximum atomic E-state index is 11.5. The third-order valence-electron chi connectivity index (χ3n) is 3.56. The van der Waals surface area contributed by atoms with Crippen LogP contribution >= 0.6 is 0 Å². The number of hydrogen-bond donors (Lipinski definition) is 0. The van der Waals surface area contributed by atoms with Crippen molar-refractivity contribution in [3.8, 4) is 5.75 Å². The minimum atomic E-state index is -0.509. The van der Waals surface area contributed by atoms with E-state index in [9.17, 15) is 14.9 Å². The van der Waals surface area contributed by atoms with Gasteiger partial charge in [-0.3, -0.25) is 14.9 Å². The average molecular weight is 263 g/mol. The Balaban J connectivity index is 2.05. The van der Waals surface area contributed by atoms with Crippen LogP contribution in [0.25, 0.3) is 0 Å². The SMILES string of the molecule is CC(=O)c1cc([N+](=O)[O-])ccc1OCCC1CCC1. The van der Waals surface area contributed by atoms with Crippen LogP contribution in [0.4, 0.5) is 5.69 Å². The zero-order valence-electron chi connectivity index (χ0n) is 10.9. The first kappa shape index (κ1) is 13.5. The summed E-state index contributed by atoms with van der Waals surface area (Å²) in [5, 5.41) is 10.7. The monoisotopic (exact) mass is 263 g/mol. The summed E-state index contributed by atoms with van der Waals surface area (Å²) in [5.74, 6) is 0.957. The first-order valence-electron chi connectivity index (χ1n) is 6.50. The van der Waals surface area contributed by atoms with E-state index in [-0.39, 0.29) is 17.0 Å². The van der Waals surface area contributed by atoms with E-state index in [1.54, 1.807) is 0 Å². The molecule has 1 aliphatic rings. The third kappa shape index (κ3) is 3.30. The van der Waals surface area contributed by atoms with Gasteiger partial charge in [0.15, 0.2) is 5.78 Å². The number of ether oxygens (including phenoxy) is 1. The van der Waals surface area contributed by atoms with Gasteiger partial charge < -0.3 is 4.74 Å². The molecule has 1 aromatic rings. The van der Waals surface area contributed by atoms with Crippen molar-refractivity contribution in [3.63, 3.8) is 0 Å². The molecule has 0 saturated heterocycles. The first-order chi connectivity index (χ1) is 9.08. The molecule has 0 aliphatic heterocycles. The van der Waals surface area contributed by atoms with Gasteiger partial charge >= 0.3 is 0 Å². The molecule has 5 heteroatoms. The predicted octanol–water partition coefficient (Wildman–Crippen LogP) is 3.37. The molecule has 0 N–H and O–H groups in total. The molecule has 0 unspecified atom stereocenters. The van der Waals surface area contributed by atoms with Crippen molar-refractivity contribution in [1.29, 1.82) is 0 Å². The molecule has 0 atom stereocenters. The van der Waals surface area contributed by atoms with Crippen molar-refractivity contribution < 1.29 is 14.5 Å². The summed E-state index contributed by atoms with van der Waals surface area (Å²) in [6.45, 7) is 1.95. The number of carbonyl (C=O) groups is 1. The summed E-state index contributed by atoms with van der Waals surface area (Å²) >= 11 is 0. The number of nitro benzene ring substituents is 1. The second-order valence-electron chi connectivity index (χ2n) is 4.93. The van der Waals surface area contributed by atoms with Crippen LogP contribution in [0.1, 0.15) is 43.0 Å². The Morgan fingerprint density at radius 1 is 1.47 bits per heavy atom. The number of Topliss-reactive ketones (excluding diaryl/α,β-unsaturated/α-hetero) is 1. The first-order valence-corrected chi connectivity index (χ1v) is 6.50. The van der Waals surface area contributed by atoms with E-state index in [1.807, 2.05) is 0 Å². The molecule has 102 valence electrons. The Kier molecular flexibility index (Phi) is 4.14. The van der Waals surface area contributed by atoms with Crippen molar-refractivity contribution >= 4 is 11.5 Å². The van der Waals surface area contributed by atoms with Crippen LogP contribution in [0.3, 0.4) is 0 Å². The molecular weight excluding hydrogens is 246 g/mol. The fourth-order valence-electron chi connectivity index (χ4n) is 2.15. The van der Waals surface area contributed by atoms with Crippen molar-refractivity contribution in [2.24, 2.45) is 5.92 Å². The highest BCUT2D eigenvalue weighted by molar-refractivity contribution is 5.97. The van der Waals surface area contributed by atoms with Gasteiger partial charge in [-0.2, -0.15) is 0 Å². The van der Waals surface area contributed by atoms with Crippen LogP contribution in [0, 0.1) is 16.0 Å². The Bertz CT molecular complexity index is 494. The third-order valence-corrected chi connectivity index (χ3v) is 3.56. The molecular formula is C14H17NO4. The van der Waals surface area contributed by atoms with Crippen molar-refractivity contribution in [1.82, 2.24) is 0 Å². The van der Waals surface area contributed by atoms with Gasteiger partial charge in [-0.25, -0.2) is 0 Å². The van der Waals surface area contributed by atoms with Gasteiger partial charge in [0.25, 0.3) is 5.69 Å². The van der Waals surface area contributed by atoms with Crippen molar-refractivity contribution in [2.75, 3.05) is 6.61 Å². The molecule has 5 nitrogen and oxygen atoms in total. The fourth-order valence-corrected chi connectivity index (χ4v) is 2.15. The maximum absolute atomic E-state index is 11.5. The lowest BCUT2D eigenvalue weighted by molar-refractivity contribution is -0.384. The van der Waals surface area contributed by atoms with Gasteiger partial charge in [-0.15, -0.1) is 0 Å². The minimum absolute atomic E-state index is 0.0865. The van der Waals surface area contributed by atoms with Gasteiger partial charge in [0.05, 0.1) is 17.1 Å². The Morgan fingerprint density at radius 2 is 2.21 bits per heavy atom. The smallest absolute Gasteiger partial charge is 0.270 e. The van der Waals surface area contributed by atoms with Gasteiger partial charge in [-0.05, 0) is 25.3 Å². The van der Waals surface area contributed by atoms with E-state index in [1.165, 1.54) is 44.4 Å². The van der Waals surface area contributed by atoms with E-state index in [0.29, 0.717) is 12.4 Å². The van der Waals surface area contributed by atoms with Crippen molar-refractivity contribution in [2.45, 2.75) is 32.6 Å². The molecule has 19 heavy (non-hydrogen) atoms. The zero-order chi connectivity index (χ0) is 13.8. The number of ketones is 1. The maximum Gasteiger partial charge on any atom is 0.270 e. The Labute approximate surface area is 111 Å². The van der Waals surface area contributed by atoms with Gasteiger partial charge in [-0.1, -0.05) is 19.3 Å². The van der Waals surface area contributed by atoms with Crippen LogP contribution in [0.2, 0.25) is 0 Å². The number of non-ortho nitro benzene ring substituents is 1. The summed E-state index contributed by atoms with van der Waals surface area (Å²) in [6.07, 6.45) is 4.78. The molecule has 0 amide bonds. The summed E-state index contributed by atoms with van der Waals surface area (Å²) in [4.78, 5) is 21.7. The largest absolute Gasteiger partial charge is 0.493 e.